The molecule has 6 heteroatoms. The van der Waals surface area contributed by atoms with E-state index in [0.29, 0.717) is 11.5 Å². The van der Waals surface area contributed by atoms with Gasteiger partial charge in [-0.15, -0.1) is 0 Å². The van der Waals surface area contributed by atoms with Crippen molar-refractivity contribution in [3.8, 4) is 0 Å². The van der Waals surface area contributed by atoms with E-state index < -0.39 is 15.8 Å². The summed E-state index contributed by atoms with van der Waals surface area (Å²) in [5.41, 5.74) is 5.93. The maximum absolute atomic E-state index is 13.6. The topological polar surface area (TPSA) is 72.2 Å². The first-order valence-corrected chi connectivity index (χ1v) is 6.93. The highest BCUT2D eigenvalue weighted by molar-refractivity contribution is 7.89. The van der Waals surface area contributed by atoms with E-state index in [1.807, 2.05) is 6.92 Å². The molecule has 1 fully saturated rings. The maximum Gasteiger partial charge on any atom is 0.243 e. The van der Waals surface area contributed by atoms with Crippen molar-refractivity contribution in [1.82, 2.24) is 4.72 Å². The largest absolute Gasteiger partial charge is 0.326 e. The average molecular weight is 258 g/mol. The minimum Gasteiger partial charge on any atom is -0.326 e. The highest BCUT2D eigenvalue weighted by Crippen LogP contribution is 2.31. The van der Waals surface area contributed by atoms with Crippen molar-refractivity contribution >= 4 is 10.0 Å². The van der Waals surface area contributed by atoms with Gasteiger partial charge < -0.3 is 5.73 Å². The van der Waals surface area contributed by atoms with E-state index in [1.54, 1.807) is 0 Å². The lowest BCUT2D eigenvalue weighted by Crippen LogP contribution is -2.27. The first-order chi connectivity index (χ1) is 7.94. The molecule has 0 bridgehead atoms. The second kappa shape index (κ2) is 4.36. The van der Waals surface area contributed by atoms with Crippen LogP contribution in [0.4, 0.5) is 4.39 Å². The van der Waals surface area contributed by atoms with Crippen molar-refractivity contribution in [2.24, 2.45) is 11.7 Å². The molecule has 2 rings (SSSR count). The van der Waals surface area contributed by atoms with Crippen LogP contribution in [0.2, 0.25) is 0 Å². The predicted molar refractivity (Wildman–Crippen MR) is 62.2 cm³/mol. The maximum atomic E-state index is 13.6. The molecule has 1 aliphatic carbocycles. The van der Waals surface area contributed by atoms with Crippen molar-refractivity contribution in [3.05, 3.63) is 29.6 Å². The van der Waals surface area contributed by atoms with Gasteiger partial charge in [0.05, 0.1) is 0 Å². The minimum absolute atomic E-state index is 0.0615. The van der Waals surface area contributed by atoms with Crippen molar-refractivity contribution in [2.45, 2.75) is 30.8 Å². The summed E-state index contributed by atoms with van der Waals surface area (Å²) in [6.45, 7) is 2.13. The quantitative estimate of drug-likeness (QED) is 0.845. The van der Waals surface area contributed by atoms with Crippen LogP contribution in [0.1, 0.15) is 18.9 Å². The van der Waals surface area contributed by atoms with Crippen LogP contribution in [0.3, 0.4) is 0 Å². The summed E-state index contributed by atoms with van der Waals surface area (Å²) >= 11 is 0. The van der Waals surface area contributed by atoms with E-state index >= 15 is 0 Å². The van der Waals surface area contributed by atoms with Gasteiger partial charge in [0.1, 0.15) is 10.7 Å². The number of hydrogen-bond acceptors (Lipinski definition) is 3. The molecule has 0 amide bonds. The van der Waals surface area contributed by atoms with Gasteiger partial charge >= 0.3 is 0 Å². The number of sulfonamides is 1. The molecular weight excluding hydrogens is 243 g/mol. The zero-order valence-corrected chi connectivity index (χ0v) is 10.3. The molecule has 17 heavy (non-hydrogen) atoms. The van der Waals surface area contributed by atoms with Crippen LogP contribution >= 0.6 is 0 Å². The number of halogens is 1. The molecule has 3 N–H and O–H groups in total. The molecule has 0 aromatic heterocycles. The van der Waals surface area contributed by atoms with Crippen LogP contribution in [-0.2, 0) is 16.6 Å². The van der Waals surface area contributed by atoms with Crippen molar-refractivity contribution in [3.63, 3.8) is 0 Å². The van der Waals surface area contributed by atoms with Gasteiger partial charge in [0.25, 0.3) is 0 Å². The Kier molecular flexibility index (Phi) is 3.20. The van der Waals surface area contributed by atoms with Crippen LogP contribution in [0, 0.1) is 11.7 Å². The third kappa shape index (κ3) is 2.65. The van der Waals surface area contributed by atoms with Crippen LogP contribution in [0.5, 0.6) is 0 Å². The molecule has 0 heterocycles. The second-order valence-electron chi connectivity index (χ2n) is 4.41. The number of rotatable bonds is 4. The van der Waals surface area contributed by atoms with Crippen LogP contribution in [-0.4, -0.2) is 14.5 Å². The summed E-state index contributed by atoms with van der Waals surface area (Å²) in [5, 5.41) is 0. The fourth-order valence-corrected chi connectivity index (χ4v) is 3.06. The fourth-order valence-electron chi connectivity index (χ4n) is 1.64. The number of hydrogen-bond donors (Lipinski definition) is 2. The molecule has 1 aromatic carbocycles. The summed E-state index contributed by atoms with van der Waals surface area (Å²) in [6.07, 6.45) is 0.807. The van der Waals surface area contributed by atoms with Gasteiger partial charge in [0.15, 0.2) is 0 Å². The van der Waals surface area contributed by atoms with Gasteiger partial charge in [0, 0.05) is 12.6 Å². The number of nitrogens with two attached hydrogens (primary N) is 1. The van der Waals surface area contributed by atoms with E-state index in [2.05, 4.69) is 4.72 Å². The van der Waals surface area contributed by atoms with Gasteiger partial charge in [-0.2, -0.15) is 0 Å². The van der Waals surface area contributed by atoms with E-state index in [-0.39, 0.29) is 17.5 Å². The van der Waals surface area contributed by atoms with Crippen molar-refractivity contribution < 1.29 is 12.8 Å². The van der Waals surface area contributed by atoms with Crippen molar-refractivity contribution in [1.29, 1.82) is 0 Å². The Morgan fingerprint density at radius 1 is 1.53 bits per heavy atom. The Labute approximate surface area is 100 Å². The number of nitrogens with one attached hydrogen (secondary N) is 1. The lowest BCUT2D eigenvalue weighted by atomic mass is 10.2. The van der Waals surface area contributed by atoms with Gasteiger partial charge in [-0.1, -0.05) is 13.0 Å². The standard InChI is InChI=1S/C11H15FN2O2S/c1-7-4-10(7)14-17(15,16)11-3-2-8(6-13)5-9(11)12/h2-3,5,7,10,14H,4,6,13H2,1H3. The SMILES string of the molecule is CC1CC1NS(=O)(=O)c1ccc(CN)cc1F. The third-order valence-corrected chi connectivity index (χ3v) is 4.46. The predicted octanol–water partition coefficient (Wildman–Crippen LogP) is 0.971. The Morgan fingerprint density at radius 2 is 2.18 bits per heavy atom. The molecule has 2 unspecified atom stereocenters. The lowest BCUT2D eigenvalue weighted by molar-refractivity contribution is 0.554. The highest BCUT2D eigenvalue weighted by atomic mass is 32.2. The molecule has 0 saturated heterocycles. The zero-order valence-electron chi connectivity index (χ0n) is 9.48. The van der Waals surface area contributed by atoms with Gasteiger partial charge in [-0.3, -0.25) is 0 Å². The Morgan fingerprint density at radius 3 is 2.65 bits per heavy atom. The first kappa shape index (κ1) is 12.5. The molecule has 1 aromatic rings. The van der Waals surface area contributed by atoms with Gasteiger partial charge in [-0.05, 0) is 30.0 Å². The summed E-state index contributed by atoms with van der Waals surface area (Å²) in [6, 6.07) is 3.87. The van der Waals surface area contributed by atoms with E-state index in [1.165, 1.54) is 12.1 Å². The summed E-state index contributed by atoms with van der Waals surface area (Å²) in [5.74, 6) is -0.426. The van der Waals surface area contributed by atoms with Crippen LogP contribution in [0.25, 0.3) is 0 Å². The molecule has 4 nitrogen and oxygen atoms in total. The first-order valence-electron chi connectivity index (χ1n) is 5.45. The minimum atomic E-state index is -3.75. The lowest BCUT2D eigenvalue weighted by Gasteiger charge is -2.07. The third-order valence-electron chi connectivity index (χ3n) is 2.94. The summed E-state index contributed by atoms with van der Waals surface area (Å²) < 4.78 is 39.8. The van der Waals surface area contributed by atoms with Crippen molar-refractivity contribution in [2.75, 3.05) is 0 Å². The van der Waals surface area contributed by atoms with Gasteiger partial charge in [-0.25, -0.2) is 17.5 Å². The molecule has 2 atom stereocenters. The molecule has 1 saturated carbocycles. The normalized spacial score (nSPS) is 23.7. The highest BCUT2D eigenvalue weighted by Gasteiger charge is 2.37. The smallest absolute Gasteiger partial charge is 0.243 e. The Balaban J connectivity index is 2.26. The fraction of sp³-hybridized carbons (Fsp3) is 0.455. The van der Waals surface area contributed by atoms with E-state index in [0.717, 1.165) is 12.5 Å². The average Bonchev–Trinajstić information content (AvgIpc) is 2.92. The molecular formula is C11H15FN2O2S. The molecule has 1 aliphatic rings. The monoisotopic (exact) mass is 258 g/mol. The number of benzene rings is 1. The second-order valence-corrected chi connectivity index (χ2v) is 6.09. The Hall–Kier alpha value is -0.980. The molecule has 0 spiro atoms. The van der Waals surface area contributed by atoms with Crippen LogP contribution in [0.15, 0.2) is 23.1 Å². The summed E-state index contributed by atoms with van der Waals surface area (Å²) in [4.78, 5) is -0.311. The van der Waals surface area contributed by atoms with E-state index in [4.69, 9.17) is 5.73 Å². The Bertz CT molecular complexity index is 530. The van der Waals surface area contributed by atoms with Crippen LogP contribution < -0.4 is 10.5 Å². The molecule has 0 aliphatic heterocycles. The summed E-state index contributed by atoms with van der Waals surface area (Å²) in [7, 11) is -3.75. The van der Waals surface area contributed by atoms with Gasteiger partial charge in [0.2, 0.25) is 10.0 Å². The zero-order chi connectivity index (χ0) is 12.6. The molecule has 94 valence electrons. The molecule has 0 radical (unpaired) electrons. The van der Waals surface area contributed by atoms with E-state index in [9.17, 15) is 12.8 Å².